The van der Waals surface area contributed by atoms with Crippen molar-refractivity contribution in [3.63, 3.8) is 0 Å². The molecule has 0 aliphatic heterocycles. The molecule has 28 heavy (non-hydrogen) atoms. The summed E-state index contributed by atoms with van der Waals surface area (Å²) in [7, 11) is 0. The van der Waals surface area contributed by atoms with Gasteiger partial charge in [0, 0.05) is 29.6 Å². The molecule has 1 aromatic carbocycles. The van der Waals surface area contributed by atoms with Gasteiger partial charge in [-0.3, -0.25) is 4.79 Å². The van der Waals surface area contributed by atoms with E-state index in [1.807, 2.05) is 36.6 Å². The summed E-state index contributed by atoms with van der Waals surface area (Å²) >= 11 is 8.79. The Labute approximate surface area is 177 Å². The summed E-state index contributed by atoms with van der Waals surface area (Å²) in [4.78, 5) is 16.5. The third-order valence-corrected chi connectivity index (χ3v) is 5.95. The summed E-state index contributed by atoms with van der Waals surface area (Å²) in [6.07, 6.45) is 2.33. The van der Waals surface area contributed by atoms with Gasteiger partial charge in [-0.25, -0.2) is 4.98 Å². The molecule has 3 aromatic rings. The van der Waals surface area contributed by atoms with Crippen molar-refractivity contribution >= 4 is 45.7 Å². The minimum atomic E-state index is -0.317. The summed E-state index contributed by atoms with van der Waals surface area (Å²) in [6, 6.07) is 7.74. The quantitative estimate of drug-likeness (QED) is 0.516. The molecule has 0 unspecified atom stereocenters. The number of rotatable bonds is 8. The Morgan fingerprint density at radius 1 is 1.25 bits per heavy atom. The van der Waals surface area contributed by atoms with Crippen molar-refractivity contribution in [3.05, 3.63) is 52.3 Å². The Kier molecular flexibility index (Phi) is 7.09. The van der Waals surface area contributed by atoms with E-state index in [9.17, 15) is 4.79 Å². The topological polar surface area (TPSA) is 72.7 Å². The largest absolute Gasteiger partial charge is 0.305 e. The molecule has 148 valence electrons. The van der Waals surface area contributed by atoms with Crippen molar-refractivity contribution in [3.8, 4) is 0 Å². The van der Waals surface area contributed by atoms with Gasteiger partial charge in [-0.05, 0) is 30.5 Å². The number of thiazole rings is 1. The minimum Gasteiger partial charge on any atom is -0.305 e. The van der Waals surface area contributed by atoms with Gasteiger partial charge < -0.3 is 9.88 Å². The van der Waals surface area contributed by atoms with Crippen molar-refractivity contribution in [1.82, 2.24) is 19.7 Å². The van der Waals surface area contributed by atoms with Crippen LogP contribution in [0, 0.1) is 5.92 Å². The molecule has 1 N–H and O–H groups in total. The Balaban J connectivity index is 1.75. The maximum Gasteiger partial charge on any atom is 0.239 e. The SMILES string of the molecule is CC(C)Cn1c(Cc2ccc(Cl)cc2)nnc1S[C@@H](C)C(=O)Nc1nccs1. The molecule has 0 radical (unpaired) electrons. The second-order valence-electron chi connectivity index (χ2n) is 6.79. The summed E-state index contributed by atoms with van der Waals surface area (Å²) in [5.41, 5.74) is 1.12. The van der Waals surface area contributed by atoms with Crippen molar-refractivity contribution in [2.45, 2.75) is 44.1 Å². The number of aromatic nitrogens is 4. The fourth-order valence-corrected chi connectivity index (χ4v) is 4.11. The molecule has 3 rings (SSSR count). The van der Waals surface area contributed by atoms with Gasteiger partial charge in [0.2, 0.25) is 5.91 Å². The van der Waals surface area contributed by atoms with E-state index in [2.05, 4.69) is 38.9 Å². The molecule has 0 saturated heterocycles. The zero-order valence-electron chi connectivity index (χ0n) is 15.9. The third-order valence-electron chi connectivity index (χ3n) is 3.93. The number of carbonyl (C=O) groups is 1. The van der Waals surface area contributed by atoms with Gasteiger partial charge in [0.05, 0.1) is 5.25 Å². The van der Waals surface area contributed by atoms with Crippen molar-refractivity contribution < 1.29 is 4.79 Å². The van der Waals surface area contributed by atoms with Crippen LogP contribution in [0.2, 0.25) is 5.02 Å². The van der Waals surface area contributed by atoms with E-state index in [-0.39, 0.29) is 11.2 Å². The van der Waals surface area contributed by atoms with Crippen LogP contribution in [0.25, 0.3) is 0 Å². The van der Waals surface area contributed by atoms with Gasteiger partial charge in [-0.2, -0.15) is 0 Å². The predicted molar refractivity (Wildman–Crippen MR) is 115 cm³/mol. The molecule has 1 amide bonds. The zero-order valence-corrected chi connectivity index (χ0v) is 18.3. The van der Waals surface area contributed by atoms with Gasteiger partial charge in [0.15, 0.2) is 10.3 Å². The number of hydrogen-bond acceptors (Lipinski definition) is 6. The number of thioether (sulfide) groups is 1. The number of carbonyl (C=O) groups excluding carboxylic acids is 1. The van der Waals surface area contributed by atoms with E-state index in [4.69, 9.17) is 11.6 Å². The Morgan fingerprint density at radius 2 is 2.00 bits per heavy atom. The van der Waals surface area contributed by atoms with Crippen LogP contribution in [0.4, 0.5) is 5.13 Å². The lowest BCUT2D eigenvalue weighted by atomic mass is 10.1. The predicted octanol–water partition coefficient (Wildman–Crippen LogP) is 4.75. The van der Waals surface area contributed by atoms with Crippen LogP contribution < -0.4 is 5.32 Å². The first-order chi connectivity index (χ1) is 13.4. The van der Waals surface area contributed by atoms with Crippen LogP contribution in [0.1, 0.15) is 32.2 Å². The molecular weight excluding hydrogens is 414 g/mol. The molecule has 0 bridgehead atoms. The molecule has 0 aliphatic rings. The molecule has 6 nitrogen and oxygen atoms in total. The van der Waals surface area contributed by atoms with E-state index in [0.29, 0.717) is 22.5 Å². The highest BCUT2D eigenvalue weighted by atomic mass is 35.5. The van der Waals surface area contributed by atoms with Crippen LogP contribution >= 0.6 is 34.7 Å². The molecule has 2 aromatic heterocycles. The van der Waals surface area contributed by atoms with Gasteiger partial charge in [0.1, 0.15) is 5.82 Å². The van der Waals surface area contributed by atoms with E-state index >= 15 is 0 Å². The van der Waals surface area contributed by atoms with Crippen LogP contribution in [0.3, 0.4) is 0 Å². The van der Waals surface area contributed by atoms with Crippen LogP contribution in [0.5, 0.6) is 0 Å². The fourth-order valence-electron chi connectivity index (χ4n) is 2.57. The van der Waals surface area contributed by atoms with Crippen LogP contribution in [-0.4, -0.2) is 30.9 Å². The number of halogens is 1. The number of benzene rings is 1. The minimum absolute atomic E-state index is 0.0988. The lowest BCUT2D eigenvalue weighted by Gasteiger charge is -2.15. The highest BCUT2D eigenvalue weighted by molar-refractivity contribution is 8.00. The van der Waals surface area contributed by atoms with Crippen molar-refractivity contribution in [2.75, 3.05) is 5.32 Å². The molecule has 0 aliphatic carbocycles. The summed E-state index contributed by atoms with van der Waals surface area (Å²) in [6.45, 7) is 6.96. The van der Waals surface area contributed by atoms with E-state index in [1.54, 1.807) is 6.20 Å². The molecular formula is C19H22ClN5OS2. The first-order valence-corrected chi connectivity index (χ1v) is 11.1. The van der Waals surface area contributed by atoms with Gasteiger partial charge in [0.25, 0.3) is 0 Å². The third kappa shape index (κ3) is 5.56. The second kappa shape index (κ2) is 9.54. The first-order valence-electron chi connectivity index (χ1n) is 8.96. The summed E-state index contributed by atoms with van der Waals surface area (Å²) in [5, 5.41) is 15.2. The van der Waals surface area contributed by atoms with E-state index < -0.39 is 0 Å². The second-order valence-corrected chi connectivity index (χ2v) is 9.43. The Hall–Kier alpha value is -1.90. The first kappa shape index (κ1) is 20.8. The lowest BCUT2D eigenvalue weighted by molar-refractivity contribution is -0.115. The normalized spacial score (nSPS) is 12.3. The lowest BCUT2D eigenvalue weighted by Crippen LogP contribution is -2.23. The Bertz CT molecular complexity index is 909. The Morgan fingerprint density at radius 3 is 2.64 bits per heavy atom. The number of anilines is 1. The number of nitrogens with one attached hydrogen (secondary N) is 1. The highest BCUT2D eigenvalue weighted by Gasteiger charge is 2.21. The van der Waals surface area contributed by atoms with Gasteiger partial charge >= 0.3 is 0 Å². The smallest absolute Gasteiger partial charge is 0.239 e. The summed E-state index contributed by atoms with van der Waals surface area (Å²) in [5.74, 6) is 1.21. The van der Waals surface area contributed by atoms with E-state index in [0.717, 1.165) is 23.1 Å². The molecule has 0 fully saturated rings. The molecule has 9 heteroatoms. The van der Waals surface area contributed by atoms with Gasteiger partial charge in [-0.15, -0.1) is 21.5 Å². The average Bonchev–Trinajstić information content (AvgIpc) is 3.28. The van der Waals surface area contributed by atoms with Crippen LogP contribution in [-0.2, 0) is 17.8 Å². The van der Waals surface area contributed by atoms with Crippen molar-refractivity contribution in [1.29, 1.82) is 0 Å². The zero-order chi connectivity index (χ0) is 20.1. The summed E-state index contributed by atoms with van der Waals surface area (Å²) < 4.78 is 2.11. The number of amides is 1. The van der Waals surface area contributed by atoms with Gasteiger partial charge in [-0.1, -0.05) is 49.3 Å². The number of hydrogen-bond donors (Lipinski definition) is 1. The standard InChI is InChI=1S/C19H22ClN5OS2/c1-12(2)11-25-16(10-14-4-6-15(20)7-5-14)23-24-19(25)28-13(3)17(26)22-18-21-8-9-27-18/h4-9,12-13H,10-11H2,1-3H3,(H,21,22,26)/t13-/m0/s1. The molecule has 0 saturated carbocycles. The van der Waals surface area contributed by atoms with Crippen molar-refractivity contribution in [2.24, 2.45) is 5.92 Å². The molecule has 1 atom stereocenters. The molecule has 2 heterocycles. The fraction of sp³-hybridized carbons (Fsp3) is 0.368. The maximum atomic E-state index is 12.4. The van der Waals surface area contributed by atoms with Crippen LogP contribution in [0.15, 0.2) is 41.0 Å². The number of nitrogens with zero attached hydrogens (tertiary/aromatic N) is 4. The molecule has 0 spiro atoms. The highest BCUT2D eigenvalue weighted by Crippen LogP contribution is 2.26. The van der Waals surface area contributed by atoms with E-state index in [1.165, 1.54) is 23.1 Å². The monoisotopic (exact) mass is 435 g/mol. The average molecular weight is 436 g/mol. The maximum absolute atomic E-state index is 12.4.